The number of benzene rings is 2. The predicted octanol–water partition coefficient (Wildman–Crippen LogP) is 4.58. The summed E-state index contributed by atoms with van der Waals surface area (Å²) in [4.78, 5) is 13.7. The van der Waals surface area contributed by atoms with Gasteiger partial charge in [0.15, 0.2) is 11.6 Å². The standard InChI is InChI=1S/C16H13BrF2N2O/c1-9-2-3-10-7-21(8-11(10)4-9)16(22)20-15-13(18)5-12(17)6-14(15)19/h2-6H,7-8H2,1H3,(H,20,22). The van der Waals surface area contributed by atoms with E-state index in [0.717, 1.165) is 28.8 Å². The first-order valence-electron chi connectivity index (χ1n) is 6.73. The lowest BCUT2D eigenvalue weighted by atomic mass is 10.1. The van der Waals surface area contributed by atoms with E-state index in [0.29, 0.717) is 13.1 Å². The fourth-order valence-electron chi connectivity index (χ4n) is 2.51. The lowest BCUT2D eigenvalue weighted by Crippen LogP contribution is -2.30. The topological polar surface area (TPSA) is 32.3 Å². The minimum atomic E-state index is -0.812. The van der Waals surface area contributed by atoms with Gasteiger partial charge in [-0.15, -0.1) is 0 Å². The summed E-state index contributed by atoms with van der Waals surface area (Å²) in [7, 11) is 0. The molecule has 2 aromatic rings. The molecule has 1 aliphatic rings. The van der Waals surface area contributed by atoms with Crippen LogP contribution in [0.15, 0.2) is 34.8 Å². The maximum atomic E-state index is 13.8. The van der Waals surface area contributed by atoms with Gasteiger partial charge in [0.05, 0.1) is 0 Å². The molecule has 0 atom stereocenters. The van der Waals surface area contributed by atoms with E-state index in [4.69, 9.17) is 0 Å². The van der Waals surface area contributed by atoms with Crippen LogP contribution in [0.3, 0.4) is 0 Å². The van der Waals surface area contributed by atoms with E-state index in [1.807, 2.05) is 25.1 Å². The van der Waals surface area contributed by atoms with Gasteiger partial charge in [-0.3, -0.25) is 0 Å². The van der Waals surface area contributed by atoms with Crippen molar-refractivity contribution < 1.29 is 13.6 Å². The summed E-state index contributed by atoms with van der Waals surface area (Å²) in [6.07, 6.45) is 0. The molecule has 6 heteroatoms. The van der Waals surface area contributed by atoms with Gasteiger partial charge in [0.2, 0.25) is 0 Å². The molecule has 2 aromatic carbocycles. The van der Waals surface area contributed by atoms with Crippen LogP contribution >= 0.6 is 15.9 Å². The third kappa shape index (κ3) is 2.83. The molecular formula is C16H13BrF2N2O. The molecule has 0 unspecified atom stereocenters. The van der Waals surface area contributed by atoms with E-state index in [9.17, 15) is 13.6 Å². The zero-order valence-electron chi connectivity index (χ0n) is 11.8. The lowest BCUT2D eigenvalue weighted by molar-refractivity contribution is 0.212. The second-order valence-corrected chi connectivity index (χ2v) is 6.22. The number of nitrogens with zero attached hydrogens (tertiary/aromatic N) is 1. The molecule has 0 aliphatic carbocycles. The summed E-state index contributed by atoms with van der Waals surface area (Å²) in [6.45, 7) is 2.85. The van der Waals surface area contributed by atoms with Gasteiger partial charge in [0, 0.05) is 17.6 Å². The molecule has 22 heavy (non-hydrogen) atoms. The van der Waals surface area contributed by atoms with Crippen LogP contribution < -0.4 is 5.32 Å². The SMILES string of the molecule is Cc1ccc2c(c1)CN(C(=O)Nc1c(F)cc(Br)cc1F)C2. The maximum absolute atomic E-state index is 13.8. The molecule has 0 aromatic heterocycles. The van der Waals surface area contributed by atoms with Crippen LogP contribution in [0.5, 0.6) is 0 Å². The second-order valence-electron chi connectivity index (χ2n) is 5.30. The third-order valence-corrected chi connectivity index (χ3v) is 4.07. The Balaban J connectivity index is 1.77. The Labute approximate surface area is 135 Å². The average molecular weight is 367 g/mol. The van der Waals surface area contributed by atoms with Gasteiger partial charge in [-0.05, 0) is 30.2 Å². The highest BCUT2D eigenvalue weighted by molar-refractivity contribution is 9.10. The minimum absolute atomic E-state index is 0.282. The number of fused-ring (bicyclic) bond motifs is 1. The number of anilines is 1. The van der Waals surface area contributed by atoms with Crippen molar-refractivity contribution in [3.63, 3.8) is 0 Å². The zero-order valence-corrected chi connectivity index (χ0v) is 13.4. The van der Waals surface area contributed by atoms with Crippen molar-refractivity contribution >= 4 is 27.6 Å². The molecule has 1 aliphatic heterocycles. The van der Waals surface area contributed by atoms with Gasteiger partial charge in [0.1, 0.15) is 5.69 Å². The van der Waals surface area contributed by atoms with Crippen molar-refractivity contribution in [3.8, 4) is 0 Å². The zero-order chi connectivity index (χ0) is 15.9. The van der Waals surface area contributed by atoms with Gasteiger partial charge >= 0.3 is 6.03 Å². The molecule has 0 fully saturated rings. The molecule has 1 N–H and O–H groups in total. The van der Waals surface area contributed by atoms with Gasteiger partial charge in [-0.1, -0.05) is 39.7 Å². The van der Waals surface area contributed by atoms with E-state index >= 15 is 0 Å². The summed E-state index contributed by atoms with van der Waals surface area (Å²) in [6, 6.07) is 7.67. The molecular weight excluding hydrogens is 354 g/mol. The Morgan fingerprint density at radius 1 is 1.14 bits per heavy atom. The van der Waals surface area contributed by atoms with Crippen LogP contribution in [0.4, 0.5) is 19.3 Å². The molecule has 0 saturated heterocycles. The minimum Gasteiger partial charge on any atom is -0.316 e. The number of rotatable bonds is 1. The number of hydrogen-bond donors (Lipinski definition) is 1. The van der Waals surface area contributed by atoms with Crippen molar-refractivity contribution in [1.29, 1.82) is 0 Å². The molecule has 0 saturated carbocycles. The van der Waals surface area contributed by atoms with Crippen molar-refractivity contribution in [3.05, 3.63) is 63.1 Å². The van der Waals surface area contributed by atoms with Crippen LogP contribution in [0.2, 0.25) is 0 Å². The highest BCUT2D eigenvalue weighted by atomic mass is 79.9. The molecule has 0 radical (unpaired) electrons. The monoisotopic (exact) mass is 366 g/mol. The van der Waals surface area contributed by atoms with E-state index in [-0.39, 0.29) is 4.47 Å². The van der Waals surface area contributed by atoms with E-state index in [1.165, 1.54) is 4.90 Å². The summed E-state index contributed by atoms with van der Waals surface area (Å²) in [5.74, 6) is -1.62. The van der Waals surface area contributed by atoms with Gasteiger partial charge in [-0.25, -0.2) is 13.6 Å². The molecule has 0 bridgehead atoms. The van der Waals surface area contributed by atoms with Crippen molar-refractivity contribution in [2.24, 2.45) is 0 Å². The first-order chi connectivity index (χ1) is 10.4. The first-order valence-corrected chi connectivity index (χ1v) is 7.52. The first kappa shape index (κ1) is 15.0. The van der Waals surface area contributed by atoms with Crippen LogP contribution in [0, 0.1) is 18.6 Å². The summed E-state index contributed by atoms with van der Waals surface area (Å²) >= 11 is 3.00. The predicted molar refractivity (Wildman–Crippen MR) is 83.5 cm³/mol. The normalized spacial score (nSPS) is 13.2. The van der Waals surface area contributed by atoms with Crippen molar-refractivity contribution in [1.82, 2.24) is 4.90 Å². The number of amides is 2. The molecule has 0 spiro atoms. The van der Waals surface area contributed by atoms with E-state index < -0.39 is 23.4 Å². The van der Waals surface area contributed by atoms with Gasteiger partial charge in [0.25, 0.3) is 0 Å². The fraction of sp³-hybridized carbons (Fsp3) is 0.188. The number of halogens is 3. The number of nitrogens with one attached hydrogen (secondary N) is 1. The Kier molecular flexibility index (Phi) is 3.87. The number of carbonyl (C=O) groups is 1. The van der Waals surface area contributed by atoms with Gasteiger partial charge in [-0.2, -0.15) is 0 Å². The summed E-state index contributed by atoms with van der Waals surface area (Å²) in [5.41, 5.74) is 2.80. The Hall–Kier alpha value is -1.95. The second kappa shape index (κ2) is 5.68. The van der Waals surface area contributed by atoms with Crippen LogP contribution in [0.25, 0.3) is 0 Å². The summed E-state index contributed by atoms with van der Waals surface area (Å²) < 4.78 is 27.8. The largest absolute Gasteiger partial charge is 0.322 e. The summed E-state index contributed by atoms with van der Waals surface area (Å²) in [5, 5.41) is 2.31. The smallest absolute Gasteiger partial charge is 0.316 e. The average Bonchev–Trinajstić information content (AvgIpc) is 2.85. The highest BCUT2D eigenvalue weighted by Crippen LogP contribution is 2.27. The molecule has 2 amide bonds. The number of urea groups is 1. The van der Waals surface area contributed by atoms with Crippen molar-refractivity contribution in [2.75, 3.05) is 5.32 Å². The molecule has 1 heterocycles. The fourth-order valence-corrected chi connectivity index (χ4v) is 2.92. The third-order valence-electron chi connectivity index (χ3n) is 3.61. The quantitative estimate of drug-likeness (QED) is 0.786. The van der Waals surface area contributed by atoms with Crippen LogP contribution in [-0.4, -0.2) is 10.9 Å². The number of hydrogen-bond acceptors (Lipinski definition) is 1. The number of aryl methyl sites for hydroxylation is 1. The maximum Gasteiger partial charge on any atom is 0.322 e. The number of carbonyl (C=O) groups excluding carboxylic acids is 1. The molecule has 3 rings (SSSR count). The van der Waals surface area contributed by atoms with Crippen molar-refractivity contribution in [2.45, 2.75) is 20.0 Å². The van der Waals surface area contributed by atoms with E-state index in [1.54, 1.807) is 0 Å². The van der Waals surface area contributed by atoms with Crippen LogP contribution in [0.1, 0.15) is 16.7 Å². The van der Waals surface area contributed by atoms with Gasteiger partial charge < -0.3 is 10.2 Å². The highest BCUT2D eigenvalue weighted by Gasteiger charge is 2.25. The van der Waals surface area contributed by atoms with E-state index in [2.05, 4.69) is 21.2 Å². The molecule has 114 valence electrons. The lowest BCUT2D eigenvalue weighted by Gasteiger charge is -2.17. The Morgan fingerprint density at radius 3 is 2.45 bits per heavy atom. The Morgan fingerprint density at radius 2 is 1.77 bits per heavy atom. The molecule has 3 nitrogen and oxygen atoms in total. The van der Waals surface area contributed by atoms with Crippen LogP contribution in [-0.2, 0) is 13.1 Å². The Bertz CT molecular complexity index is 741.